The number of aromatic nitrogens is 4. The van der Waals surface area contributed by atoms with Crippen LogP contribution in [0.2, 0.25) is 5.02 Å². The summed E-state index contributed by atoms with van der Waals surface area (Å²) in [5, 5.41) is 8.91. The quantitative estimate of drug-likeness (QED) is 0.421. The average Bonchev–Trinajstić information content (AvgIpc) is 3.45. The number of carbonyl (C=O) groups is 1. The zero-order chi connectivity index (χ0) is 24.2. The summed E-state index contributed by atoms with van der Waals surface area (Å²) in [5.74, 6) is 1.22. The van der Waals surface area contributed by atoms with Crippen LogP contribution >= 0.6 is 11.6 Å². The Morgan fingerprint density at radius 3 is 2.47 bits per heavy atom. The largest absolute Gasteiger partial charge is 0.373 e. The van der Waals surface area contributed by atoms with Crippen LogP contribution in [0.1, 0.15) is 35.8 Å². The zero-order valence-corrected chi connectivity index (χ0v) is 19.2. The number of benzene rings is 2. The van der Waals surface area contributed by atoms with Gasteiger partial charge in [-0.1, -0.05) is 41.9 Å². The minimum Gasteiger partial charge on any atom is -0.310 e. The first kappa shape index (κ1) is 23.0. The zero-order valence-electron chi connectivity index (χ0n) is 18.5. The van der Waals surface area contributed by atoms with E-state index in [0.29, 0.717) is 34.5 Å². The SMILES string of the molecule is CC(C)n1cnnc1-c1cccc(N2Cc3ccc(-c4cccc(Cl)c4)cc3C2=O)n1.O=C=O. The summed E-state index contributed by atoms with van der Waals surface area (Å²) in [4.78, 5) is 35.9. The molecule has 8 nitrogen and oxygen atoms in total. The summed E-state index contributed by atoms with van der Waals surface area (Å²) in [6.45, 7) is 4.61. The molecule has 170 valence electrons. The van der Waals surface area contributed by atoms with Gasteiger partial charge in [-0.15, -0.1) is 10.2 Å². The lowest BCUT2D eigenvalue weighted by molar-refractivity contribution is -0.191. The van der Waals surface area contributed by atoms with E-state index in [9.17, 15) is 4.79 Å². The van der Waals surface area contributed by atoms with Crippen LogP contribution in [-0.2, 0) is 16.1 Å². The second-order valence-corrected chi connectivity index (χ2v) is 8.33. The highest BCUT2D eigenvalue weighted by Crippen LogP contribution is 2.32. The standard InChI is InChI=1S/C24H20ClN5O.CO2/c1-15(2)30-14-26-28-23(30)21-7-4-8-22(27-21)29-13-18-10-9-17(12-20(18)24(29)31)16-5-3-6-19(25)11-16;2-1-3/h3-12,14-15H,13H2,1-2H3;. The predicted octanol–water partition coefficient (Wildman–Crippen LogP) is 4.82. The van der Waals surface area contributed by atoms with E-state index in [2.05, 4.69) is 24.0 Å². The van der Waals surface area contributed by atoms with Crippen molar-refractivity contribution in [2.24, 2.45) is 0 Å². The van der Waals surface area contributed by atoms with Crippen LogP contribution < -0.4 is 4.90 Å². The van der Waals surface area contributed by atoms with E-state index in [-0.39, 0.29) is 18.1 Å². The molecule has 3 heterocycles. The fraction of sp³-hybridized carbons (Fsp3) is 0.160. The smallest absolute Gasteiger partial charge is 0.310 e. The molecule has 0 atom stereocenters. The summed E-state index contributed by atoms with van der Waals surface area (Å²) in [6.07, 6.45) is 1.95. The van der Waals surface area contributed by atoms with Crippen molar-refractivity contribution in [3.05, 3.63) is 83.1 Å². The number of hydrogen-bond acceptors (Lipinski definition) is 6. The van der Waals surface area contributed by atoms with Crippen LogP contribution in [0.25, 0.3) is 22.6 Å². The van der Waals surface area contributed by atoms with E-state index in [1.807, 2.05) is 65.2 Å². The number of pyridine rings is 1. The summed E-state index contributed by atoms with van der Waals surface area (Å²) in [7, 11) is 0. The monoisotopic (exact) mass is 473 g/mol. The Kier molecular flexibility index (Phi) is 6.63. The number of amides is 1. The van der Waals surface area contributed by atoms with Crippen molar-refractivity contribution in [1.29, 1.82) is 0 Å². The molecule has 1 amide bonds. The first-order valence-corrected chi connectivity index (χ1v) is 10.9. The van der Waals surface area contributed by atoms with Crippen LogP contribution in [0.15, 0.2) is 67.0 Å². The van der Waals surface area contributed by atoms with Crippen molar-refractivity contribution in [2.75, 3.05) is 4.90 Å². The Labute approximate surface area is 200 Å². The van der Waals surface area contributed by atoms with Gasteiger partial charge in [-0.2, -0.15) is 9.59 Å². The van der Waals surface area contributed by atoms with Crippen molar-refractivity contribution in [3.8, 4) is 22.6 Å². The molecule has 0 bridgehead atoms. The number of hydrogen-bond donors (Lipinski definition) is 0. The van der Waals surface area contributed by atoms with Gasteiger partial charge in [0.2, 0.25) is 0 Å². The molecule has 0 aliphatic carbocycles. The summed E-state index contributed by atoms with van der Waals surface area (Å²) in [5.41, 5.74) is 4.30. The van der Waals surface area contributed by atoms with Crippen LogP contribution in [0, 0.1) is 0 Å². The summed E-state index contributed by atoms with van der Waals surface area (Å²) < 4.78 is 1.96. The first-order valence-electron chi connectivity index (χ1n) is 10.5. The highest BCUT2D eigenvalue weighted by molar-refractivity contribution is 6.30. The topological polar surface area (TPSA) is 98.1 Å². The van der Waals surface area contributed by atoms with Gasteiger partial charge in [0.05, 0.1) is 6.54 Å². The molecule has 0 N–H and O–H groups in total. The van der Waals surface area contributed by atoms with Crippen molar-refractivity contribution < 1.29 is 14.4 Å². The summed E-state index contributed by atoms with van der Waals surface area (Å²) in [6, 6.07) is 19.4. The van der Waals surface area contributed by atoms with Crippen molar-refractivity contribution in [2.45, 2.75) is 26.4 Å². The average molecular weight is 474 g/mol. The van der Waals surface area contributed by atoms with E-state index >= 15 is 0 Å². The molecule has 9 heteroatoms. The molecular weight excluding hydrogens is 454 g/mol. The minimum absolute atomic E-state index is 0.0612. The van der Waals surface area contributed by atoms with Gasteiger partial charge in [0.25, 0.3) is 5.91 Å². The molecule has 0 fully saturated rings. The second kappa shape index (κ2) is 9.79. The highest BCUT2D eigenvalue weighted by Gasteiger charge is 2.30. The molecule has 2 aromatic carbocycles. The number of halogens is 1. The Hall–Kier alpha value is -4.13. The maximum Gasteiger partial charge on any atom is 0.373 e. The molecular formula is C25H20ClN5O3. The predicted molar refractivity (Wildman–Crippen MR) is 126 cm³/mol. The lowest BCUT2D eigenvalue weighted by atomic mass is 10.0. The van der Waals surface area contributed by atoms with Gasteiger partial charge in [0, 0.05) is 16.6 Å². The van der Waals surface area contributed by atoms with E-state index in [0.717, 1.165) is 16.7 Å². The first-order chi connectivity index (χ1) is 16.4. The molecule has 0 radical (unpaired) electrons. The maximum absolute atomic E-state index is 13.2. The molecule has 1 aliphatic heterocycles. The number of anilines is 1. The van der Waals surface area contributed by atoms with Gasteiger partial charge in [-0.25, -0.2) is 4.98 Å². The van der Waals surface area contributed by atoms with Crippen LogP contribution in [0.4, 0.5) is 5.82 Å². The molecule has 34 heavy (non-hydrogen) atoms. The molecule has 4 aromatic rings. The molecule has 5 rings (SSSR count). The lowest BCUT2D eigenvalue weighted by Gasteiger charge is -2.16. The third kappa shape index (κ3) is 4.50. The lowest BCUT2D eigenvalue weighted by Crippen LogP contribution is -2.24. The molecule has 0 spiro atoms. The highest BCUT2D eigenvalue weighted by atomic mass is 35.5. The molecule has 0 saturated carbocycles. The fourth-order valence-electron chi connectivity index (χ4n) is 3.84. The van der Waals surface area contributed by atoms with E-state index in [4.69, 9.17) is 26.2 Å². The molecule has 0 unspecified atom stereocenters. The van der Waals surface area contributed by atoms with Crippen LogP contribution in [0.3, 0.4) is 0 Å². The third-order valence-electron chi connectivity index (χ3n) is 5.44. The Morgan fingerprint density at radius 2 is 1.74 bits per heavy atom. The van der Waals surface area contributed by atoms with Crippen molar-refractivity contribution in [3.63, 3.8) is 0 Å². The molecule has 2 aromatic heterocycles. The van der Waals surface area contributed by atoms with E-state index in [1.54, 1.807) is 11.2 Å². The summed E-state index contributed by atoms with van der Waals surface area (Å²) >= 11 is 6.14. The van der Waals surface area contributed by atoms with Gasteiger partial charge < -0.3 is 4.57 Å². The molecule has 0 saturated heterocycles. The van der Waals surface area contributed by atoms with Crippen LogP contribution in [-0.4, -0.2) is 31.8 Å². The van der Waals surface area contributed by atoms with Crippen LogP contribution in [0.5, 0.6) is 0 Å². The minimum atomic E-state index is -0.0612. The van der Waals surface area contributed by atoms with Gasteiger partial charge in [0.1, 0.15) is 17.8 Å². The maximum atomic E-state index is 13.2. The van der Waals surface area contributed by atoms with Gasteiger partial charge in [-0.05, 0) is 60.9 Å². The third-order valence-corrected chi connectivity index (χ3v) is 5.68. The Balaban J connectivity index is 0.000000868. The fourth-order valence-corrected chi connectivity index (χ4v) is 4.03. The normalized spacial score (nSPS) is 12.2. The van der Waals surface area contributed by atoms with Crippen molar-refractivity contribution in [1.82, 2.24) is 19.7 Å². The van der Waals surface area contributed by atoms with Gasteiger partial charge >= 0.3 is 6.15 Å². The van der Waals surface area contributed by atoms with Gasteiger partial charge in [0.15, 0.2) is 5.82 Å². The van der Waals surface area contributed by atoms with Gasteiger partial charge in [-0.3, -0.25) is 9.69 Å². The number of carbonyl (C=O) groups excluding carboxylic acids is 3. The Bertz CT molecular complexity index is 1390. The second-order valence-electron chi connectivity index (χ2n) is 7.89. The van der Waals surface area contributed by atoms with Crippen molar-refractivity contribution >= 4 is 29.5 Å². The van der Waals surface area contributed by atoms with E-state index in [1.165, 1.54) is 0 Å². The number of rotatable bonds is 4. The number of fused-ring (bicyclic) bond motifs is 1. The van der Waals surface area contributed by atoms with E-state index < -0.39 is 0 Å². The Morgan fingerprint density at radius 1 is 1.00 bits per heavy atom. The molecule has 1 aliphatic rings. The number of nitrogens with zero attached hydrogens (tertiary/aromatic N) is 5.